The van der Waals surface area contributed by atoms with Gasteiger partial charge in [-0.3, -0.25) is 10.1 Å². The molecule has 3 rings (SSSR count). The summed E-state index contributed by atoms with van der Waals surface area (Å²) < 4.78 is 0. The molecule has 5 heteroatoms. The van der Waals surface area contributed by atoms with Crippen molar-refractivity contribution in [2.45, 2.75) is 31.8 Å². The fourth-order valence-electron chi connectivity index (χ4n) is 2.94. The van der Waals surface area contributed by atoms with E-state index in [1.54, 1.807) is 18.2 Å². The lowest BCUT2D eigenvalue weighted by molar-refractivity contribution is -0.118. The first kappa shape index (κ1) is 16.3. The van der Waals surface area contributed by atoms with E-state index in [-0.39, 0.29) is 18.0 Å². The van der Waals surface area contributed by atoms with Gasteiger partial charge in [0.25, 0.3) is 0 Å². The number of hydrogen-bond acceptors (Lipinski definition) is 2. The zero-order valence-electron chi connectivity index (χ0n) is 12.8. The molecule has 2 aromatic carbocycles. The van der Waals surface area contributed by atoms with Gasteiger partial charge in [0.2, 0.25) is 5.91 Å². The third kappa shape index (κ3) is 3.69. The maximum absolute atomic E-state index is 12.4. The molecule has 0 unspecified atom stereocenters. The standard InChI is InChI=1S/C18H18Cl2N2O/c1-11(18(23)22-17-9-7-13(19)10-15(17)20)21-16-8-6-12-4-2-3-5-14(12)16/h2-5,7,9-11,16,21H,6,8H2,1H3,(H,22,23)/t11-,16+/m1/s1. The Morgan fingerprint density at radius 1 is 1.22 bits per heavy atom. The molecule has 1 aliphatic rings. The highest BCUT2D eigenvalue weighted by molar-refractivity contribution is 6.36. The predicted octanol–water partition coefficient (Wildman–Crippen LogP) is 4.60. The van der Waals surface area contributed by atoms with Crippen molar-refractivity contribution in [1.29, 1.82) is 0 Å². The molecule has 1 aliphatic carbocycles. The Labute approximate surface area is 146 Å². The normalized spacial score (nSPS) is 17.6. The number of aryl methyl sites for hydroxylation is 1. The smallest absolute Gasteiger partial charge is 0.241 e. The summed E-state index contributed by atoms with van der Waals surface area (Å²) in [7, 11) is 0. The van der Waals surface area contributed by atoms with Gasteiger partial charge in [0.05, 0.1) is 16.8 Å². The van der Waals surface area contributed by atoms with Crippen LogP contribution in [0.15, 0.2) is 42.5 Å². The third-order valence-electron chi connectivity index (χ3n) is 4.17. The van der Waals surface area contributed by atoms with Gasteiger partial charge in [-0.1, -0.05) is 47.5 Å². The summed E-state index contributed by atoms with van der Waals surface area (Å²) in [6.07, 6.45) is 2.06. The summed E-state index contributed by atoms with van der Waals surface area (Å²) in [6, 6.07) is 13.3. The molecule has 0 saturated heterocycles. The van der Waals surface area contributed by atoms with Crippen LogP contribution in [-0.2, 0) is 11.2 Å². The molecule has 2 aromatic rings. The minimum atomic E-state index is -0.321. The monoisotopic (exact) mass is 348 g/mol. The Morgan fingerprint density at radius 2 is 2.00 bits per heavy atom. The summed E-state index contributed by atoms with van der Waals surface area (Å²) in [5.74, 6) is -0.112. The van der Waals surface area contributed by atoms with E-state index in [2.05, 4.69) is 28.8 Å². The molecular weight excluding hydrogens is 331 g/mol. The van der Waals surface area contributed by atoms with E-state index in [4.69, 9.17) is 23.2 Å². The summed E-state index contributed by atoms with van der Waals surface area (Å²) >= 11 is 12.0. The lowest BCUT2D eigenvalue weighted by Gasteiger charge is -2.20. The van der Waals surface area contributed by atoms with Gasteiger partial charge in [0.15, 0.2) is 0 Å². The summed E-state index contributed by atoms with van der Waals surface area (Å²) in [5, 5.41) is 7.23. The zero-order valence-corrected chi connectivity index (χ0v) is 14.3. The number of halogens is 2. The van der Waals surface area contributed by atoms with E-state index in [0.717, 1.165) is 12.8 Å². The van der Waals surface area contributed by atoms with E-state index in [1.807, 2.05) is 13.0 Å². The first-order chi connectivity index (χ1) is 11.0. The Bertz CT molecular complexity index is 733. The molecule has 2 atom stereocenters. The second-order valence-corrected chi connectivity index (χ2v) is 6.64. The zero-order chi connectivity index (χ0) is 16.4. The van der Waals surface area contributed by atoms with Crippen molar-refractivity contribution < 1.29 is 4.79 Å². The number of carbonyl (C=O) groups excluding carboxylic acids is 1. The van der Waals surface area contributed by atoms with Crippen molar-refractivity contribution in [1.82, 2.24) is 5.32 Å². The number of carbonyl (C=O) groups is 1. The van der Waals surface area contributed by atoms with Crippen LogP contribution in [0.4, 0.5) is 5.69 Å². The van der Waals surface area contributed by atoms with Crippen LogP contribution in [0.1, 0.15) is 30.5 Å². The van der Waals surface area contributed by atoms with Gasteiger partial charge in [-0.15, -0.1) is 0 Å². The van der Waals surface area contributed by atoms with E-state index in [1.165, 1.54) is 11.1 Å². The van der Waals surface area contributed by atoms with Crippen LogP contribution in [0, 0.1) is 0 Å². The van der Waals surface area contributed by atoms with Crippen LogP contribution < -0.4 is 10.6 Å². The summed E-state index contributed by atoms with van der Waals surface area (Å²) in [6.45, 7) is 1.86. The van der Waals surface area contributed by atoms with Crippen molar-refractivity contribution >= 4 is 34.8 Å². The Balaban J connectivity index is 1.64. The molecule has 0 aliphatic heterocycles. The number of rotatable bonds is 4. The molecule has 120 valence electrons. The maximum atomic E-state index is 12.4. The number of hydrogen-bond donors (Lipinski definition) is 2. The number of nitrogens with one attached hydrogen (secondary N) is 2. The van der Waals surface area contributed by atoms with Crippen LogP contribution in [-0.4, -0.2) is 11.9 Å². The lowest BCUT2D eigenvalue weighted by Crippen LogP contribution is -2.39. The van der Waals surface area contributed by atoms with Gasteiger partial charge in [-0.2, -0.15) is 0 Å². The predicted molar refractivity (Wildman–Crippen MR) is 95.2 cm³/mol. The quantitative estimate of drug-likeness (QED) is 0.847. The van der Waals surface area contributed by atoms with Crippen molar-refractivity contribution in [2.75, 3.05) is 5.32 Å². The second kappa shape index (κ2) is 6.91. The van der Waals surface area contributed by atoms with Crippen molar-refractivity contribution in [3.05, 3.63) is 63.6 Å². The number of amides is 1. The molecule has 0 fully saturated rings. The molecule has 0 heterocycles. The van der Waals surface area contributed by atoms with Crippen LogP contribution >= 0.6 is 23.2 Å². The van der Waals surface area contributed by atoms with Crippen molar-refractivity contribution in [3.63, 3.8) is 0 Å². The van der Waals surface area contributed by atoms with Gasteiger partial charge < -0.3 is 5.32 Å². The number of fused-ring (bicyclic) bond motifs is 1. The molecule has 1 amide bonds. The second-order valence-electron chi connectivity index (χ2n) is 5.79. The largest absolute Gasteiger partial charge is 0.323 e. The van der Waals surface area contributed by atoms with Crippen LogP contribution in [0.25, 0.3) is 0 Å². The molecule has 0 saturated carbocycles. The summed E-state index contributed by atoms with van der Waals surface area (Å²) in [5.41, 5.74) is 3.22. The van der Waals surface area contributed by atoms with E-state index in [9.17, 15) is 4.79 Å². The highest BCUT2D eigenvalue weighted by Gasteiger charge is 2.25. The summed E-state index contributed by atoms with van der Waals surface area (Å²) in [4.78, 5) is 12.4. The first-order valence-corrected chi connectivity index (χ1v) is 8.40. The Hall–Kier alpha value is -1.55. The Kier molecular flexibility index (Phi) is 4.90. The average molecular weight is 349 g/mol. The van der Waals surface area contributed by atoms with Crippen LogP contribution in [0.2, 0.25) is 10.0 Å². The number of benzene rings is 2. The maximum Gasteiger partial charge on any atom is 0.241 e. The first-order valence-electron chi connectivity index (χ1n) is 7.64. The molecule has 3 nitrogen and oxygen atoms in total. The Morgan fingerprint density at radius 3 is 2.78 bits per heavy atom. The minimum absolute atomic E-state index is 0.112. The fraction of sp³-hybridized carbons (Fsp3) is 0.278. The van der Waals surface area contributed by atoms with Crippen LogP contribution in [0.5, 0.6) is 0 Å². The third-order valence-corrected chi connectivity index (χ3v) is 4.71. The van der Waals surface area contributed by atoms with Gasteiger partial charge >= 0.3 is 0 Å². The topological polar surface area (TPSA) is 41.1 Å². The van der Waals surface area contributed by atoms with Crippen molar-refractivity contribution in [2.24, 2.45) is 0 Å². The average Bonchev–Trinajstić information content (AvgIpc) is 2.93. The van der Waals surface area contributed by atoms with Crippen molar-refractivity contribution in [3.8, 4) is 0 Å². The highest BCUT2D eigenvalue weighted by Crippen LogP contribution is 2.31. The molecular formula is C18H18Cl2N2O. The molecule has 0 spiro atoms. The van der Waals surface area contributed by atoms with E-state index >= 15 is 0 Å². The molecule has 0 aromatic heterocycles. The highest BCUT2D eigenvalue weighted by atomic mass is 35.5. The van der Waals surface area contributed by atoms with Gasteiger partial charge in [0.1, 0.15) is 0 Å². The SMILES string of the molecule is C[C@@H](N[C@H]1CCc2ccccc21)C(=O)Nc1ccc(Cl)cc1Cl. The van der Waals surface area contributed by atoms with E-state index in [0.29, 0.717) is 15.7 Å². The van der Waals surface area contributed by atoms with Gasteiger partial charge in [-0.05, 0) is 49.1 Å². The number of anilines is 1. The molecule has 0 radical (unpaired) electrons. The van der Waals surface area contributed by atoms with Crippen LogP contribution in [0.3, 0.4) is 0 Å². The molecule has 0 bridgehead atoms. The van der Waals surface area contributed by atoms with Gasteiger partial charge in [0, 0.05) is 11.1 Å². The van der Waals surface area contributed by atoms with E-state index < -0.39 is 0 Å². The molecule has 23 heavy (non-hydrogen) atoms. The fourth-order valence-corrected chi connectivity index (χ4v) is 3.40. The lowest BCUT2D eigenvalue weighted by atomic mass is 10.1. The molecule has 2 N–H and O–H groups in total. The minimum Gasteiger partial charge on any atom is -0.323 e. The van der Waals surface area contributed by atoms with Gasteiger partial charge in [-0.25, -0.2) is 0 Å².